The van der Waals surface area contributed by atoms with Gasteiger partial charge in [0.2, 0.25) is 5.82 Å². The van der Waals surface area contributed by atoms with Gasteiger partial charge in [-0.2, -0.15) is 4.98 Å². The summed E-state index contributed by atoms with van der Waals surface area (Å²) in [6, 6.07) is 10.7. The van der Waals surface area contributed by atoms with E-state index >= 15 is 0 Å². The highest BCUT2D eigenvalue weighted by atomic mass is 35.5. The molecule has 23 heavy (non-hydrogen) atoms. The van der Waals surface area contributed by atoms with Gasteiger partial charge in [-0.1, -0.05) is 30.3 Å². The predicted octanol–water partition coefficient (Wildman–Crippen LogP) is 0.0117. The zero-order valence-electron chi connectivity index (χ0n) is 13.0. The molecule has 0 spiro atoms. The molecular weight excluding hydrogens is 326 g/mol. The maximum atomic E-state index is 4.56. The summed E-state index contributed by atoms with van der Waals surface area (Å²) < 4.78 is 0. The van der Waals surface area contributed by atoms with E-state index in [1.165, 1.54) is 47.0 Å². The second-order valence-electron chi connectivity index (χ2n) is 5.88. The van der Waals surface area contributed by atoms with Crippen LogP contribution in [-0.2, 0) is 19.3 Å². The molecule has 0 aliphatic heterocycles. The van der Waals surface area contributed by atoms with Crippen molar-refractivity contribution >= 4 is 27.4 Å². The SMILES string of the molecule is [Cl-].c1ccc(CC[NH2+]c2ncnc3sc4c(c23)CCCC4)cc1. The molecule has 3 nitrogen and oxygen atoms in total. The van der Waals surface area contributed by atoms with Gasteiger partial charge < -0.3 is 12.4 Å². The Morgan fingerprint density at radius 2 is 1.87 bits per heavy atom. The number of nitrogens with two attached hydrogens (primary N) is 1. The van der Waals surface area contributed by atoms with Crippen LogP contribution in [-0.4, -0.2) is 16.5 Å². The van der Waals surface area contributed by atoms with E-state index in [2.05, 4.69) is 45.6 Å². The molecular formula is C18H20ClN3S. The van der Waals surface area contributed by atoms with Crippen LogP contribution >= 0.6 is 11.3 Å². The lowest BCUT2D eigenvalue weighted by Crippen LogP contribution is -3.00. The number of nitrogens with zero attached hydrogens (tertiary/aromatic N) is 2. The van der Waals surface area contributed by atoms with Gasteiger partial charge in [0.25, 0.3) is 0 Å². The lowest BCUT2D eigenvalue weighted by molar-refractivity contribution is -0.573. The van der Waals surface area contributed by atoms with Crippen molar-refractivity contribution < 1.29 is 17.7 Å². The molecule has 0 radical (unpaired) electrons. The average Bonchev–Trinajstić information content (AvgIpc) is 2.95. The van der Waals surface area contributed by atoms with Crippen LogP contribution in [0, 0.1) is 0 Å². The molecule has 3 aromatic rings. The first kappa shape index (κ1) is 16.4. The zero-order valence-corrected chi connectivity index (χ0v) is 14.5. The second-order valence-corrected chi connectivity index (χ2v) is 6.96. The van der Waals surface area contributed by atoms with Crippen LogP contribution in [0.4, 0.5) is 5.82 Å². The normalized spacial score (nSPS) is 13.6. The Kier molecular flexibility index (Phi) is 5.26. The van der Waals surface area contributed by atoms with Crippen molar-refractivity contribution in [3.05, 3.63) is 52.7 Å². The molecule has 120 valence electrons. The first-order valence-corrected chi connectivity index (χ1v) is 8.86. The number of halogens is 1. The van der Waals surface area contributed by atoms with Gasteiger partial charge in [0, 0.05) is 11.3 Å². The maximum Gasteiger partial charge on any atom is 0.236 e. The van der Waals surface area contributed by atoms with Crippen molar-refractivity contribution in [2.24, 2.45) is 0 Å². The molecule has 0 unspecified atom stereocenters. The number of aryl methyl sites for hydroxylation is 2. The molecule has 0 saturated carbocycles. The summed E-state index contributed by atoms with van der Waals surface area (Å²) in [5.41, 5.74) is 2.91. The Balaban J connectivity index is 0.00000156. The van der Waals surface area contributed by atoms with Gasteiger partial charge in [0.05, 0.1) is 11.9 Å². The van der Waals surface area contributed by atoms with E-state index in [1.807, 2.05) is 11.3 Å². The molecule has 1 aromatic carbocycles. The standard InChI is InChI=1S/C18H19N3S.ClH/c1-2-6-13(7-3-1)10-11-19-17-16-14-8-4-5-9-15(14)22-18(16)21-12-20-17;/h1-3,6-7,12H,4-5,8-11H2,(H,19,20,21);1H. The molecule has 0 bridgehead atoms. The molecule has 0 saturated heterocycles. The summed E-state index contributed by atoms with van der Waals surface area (Å²) in [5, 5.41) is 3.62. The van der Waals surface area contributed by atoms with Crippen molar-refractivity contribution in [1.82, 2.24) is 9.97 Å². The number of quaternary nitrogens is 1. The fourth-order valence-electron chi connectivity index (χ4n) is 3.29. The molecule has 2 N–H and O–H groups in total. The third-order valence-electron chi connectivity index (χ3n) is 4.39. The van der Waals surface area contributed by atoms with Gasteiger partial charge in [-0.25, -0.2) is 4.98 Å². The molecule has 1 aliphatic rings. The maximum absolute atomic E-state index is 4.56. The Hall–Kier alpha value is -1.49. The van der Waals surface area contributed by atoms with Crippen LogP contribution in [0.25, 0.3) is 10.2 Å². The van der Waals surface area contributed by atoms with Crippen molar-refractivity contribution in [3.63, 3.8) is 0 Å². The van der Waals surface area contributed by atoms with Crippen LogP contribution in [0.15, 0.2) is 36.7 Å². The van der Waals surface area contributed by atoms with Crippen molar-refractivity contribution in [2.45, 2.75) is 32.1 Å². The van der Waals surface area contributed by atoms with E-state index in [-0.39, 0.29) is 12.4 Å². The topological polar surface area (TPSA) is 42.4 Å². The van der Waals surface area contributed by atoms with Gasteiger partial charge in [0.1, 0.15) is 11.2 Å². The molecule has 1 aliphatic carbocycles. The Labute approximate surface area is 146 Å². The molecule has 2 aromatic heterocycles. The van der Waals surface area contributed by atoms with E-state index in [1.54, 1.807) is 11.2 Å². The van der Waals surface area contributed by atoms with Gasteiger partial charge in [-0.05, 0) is 36.8 Å². The largest absolute Gasteiger partial charge is 1.00 e. The van der Waals surface area contributed by atoms with E-state index in [0.29, 0.717) is 0 Å². The van der Waals surface area contributed by atoms with E-state index in [0.717, 1.165) is 18.8 Å². The van der Waals surface area contributed by atoms with Crippen LogP contribution in [0.3, 0.4) is 0 Å². The number of thiophene rings is 1. The first-order valence-electron chi connectivity index (χ1n) is 8.04. The summed E-state index contributed by atoms with van der Waals surface area (Å²) in [4.78, 5) is 11.8. The van der Waals surface area contributed by atoms with Gasteiger partial charge in [0.15, 0.2) is 0 Å². The molecule has 2 heterocycles. The van der Waals surface area contributed by atoms with Gasteiger partial charge >= 0.3 is 0 Å². The van der Waals surface area contributed by atoms with Crippen LogP contribution in [0.5, 0.6) is 0 Å². The van der Waals surface area contributed by atoms with Crippen molar-refractivity contribution in [2.75, 3.05) is 6.54 Å². The van der Waals surface area contributed by atoms with Crippen LogP contribution in [0.1, 0.15) is 28.8 Å². The number of rotatable bonds is 4. The lowest BCUT2D eigenvalue weighted by Gasteiger charge is -2.10. The summed E-state index contributed by atoms with van der Waals surface area (Å²) in [5.74, 6) is 1.14. The van der Waals surface area contributed by atoms with Gasteiger partial charge in [-0.15, -0.1) is 11.3 Å². The number of hydrogen-bond acceptors (Lipinski definition) is 3. The summed E-state index contributed by atoms with van der Waals surface area (Å²) in [6.45, 7) is 1.03. The number of aromatic nitrogens is 2. The third kappa shape index (κ3) is 3.39. The lowest BCUT2D eigenvalue weighted by atomic mass is 9.97. The highest BCUT2D eigenvalue weighted by molar-refractivity contribution is 7.18. The molecule has 5 heteroatoms. The molecule has 0 amide bonds. The fraction of sp³-hybridized carbons (Fsp3) is 0.333. The Morgan fingerprint density at radius 1 is 1.04 bits per heavy atom. The second kappa shape index (κ2) is 7.39. The Bertz CT molecular complexity index is 786. The highest BCUT2D eigenvalue weighted by Gasteiger charge is 2.21. The van der Waals surface area contributed by atoms with Crippen LogP contribution in [0.2, 0.25) is 0 Å². The average molecular weight is 346 g/mol. The summed E-state index contributed by atoms with van der Waals surface area (Å²) >= 11 is 1.87. The fourth-order valence-corrected chi connectivity index (χ4v) is 4.53. The minimum Gasteiger partial charge on any atom is -1.00 e. The van der Waals surface area contributed by atoms with E-state index < -0.39 is 0 Å². The van der Waals surface area contributed by atoms with E-state index in [9.17, 15) is 0 Å². The predicted molar refractivity (Wildman–Crippen MR) is 90.7 cm³/mol. The smallest absolute Gasteiger partial charge is 0.236 e. The molecule has 0 fully saturated rings. The minimum atomic E-state index is 0. The van der Waals surface area contributed by atoms with Crippen LogP contribution < -0.4 is 17.7 Å². The number of benzene rings is 1. The number of hydrogen-bond donors (Lipinski definition) is 1. The minimum absolute atomic E-state index is 0. The molecule has 4 rings (SSSR count). The van der Waals surface area contributed by atoms with Gasteiger partial charge in [-0.3, -0.25) is 5.32 Å². The summed E-state index contributed by atoms with van der Waals surface area (Å²) in [7, 11) is 0. The Morgan fingerprint density at radius 3 is 2.74 bits per heavy atom. The quantitative estimate of drug-likeness (QED) is 0.724. The summed E-state index contributed by atoms with van der Waals surface area (Å²) in [6.07, 6.45) is 7.83. The van der Waals surface area contributed by atoms with Crippen molar-refractivity contribution in [1.29, 1.82) is 0 Å². The highest BCUT2D eigenvalue weighted by Crippen LogP contribution is 2.36. The monoisotopic (exact) mass is 345 g/mol. The van der Waals surface area contributed by atoms with E-state index in [4.69, 9.17) is 0 Å². The third-order valence-corrected chi connectivity index (χ3v) is 5.59. The van der Waals surface area contributed by atoms with Crippen molar-refractivity contribution in [3.8, 4) is 0 Å². The zero-order chi connectivity index (χ0) is 14.8. The molecule has 0 atom stereocenters. The first-order chi connectivity index (χ1) is 10.9. The number of fused-ring (bicyclic) bond motifs is 3.